The predicted octanol–water partition coefficient (Wildman–Crippen LogP) is 4.19. The molecular weight excluding hydrogens is 422 g/mol. The molecule has 2 amide bonds. The van der Waals surface area contributed by atoms with E-state index in [0.29, 0.717) is 44.0 Å². The number of hydrogen-bond acceptors (Lipinski definition) is 5. The molecule has 166 valence electrons. The van der Waals surface area contributed by atoms with Gasteiger partial charge in [-0.05, 0) is 43.2 Å². The Balaban J connectivity index is 1.29. The molecule has 32 heavy (non-hydrogen) atoms. The molecule has 0 radical (unpaired) electrons. The summed E-state index contributed by atoms with van der Waals surface area (Å²) in [6, 6.07) is 15.6. The van der Waals surface area contributed by atoms with Crippen LogP contribution in [0.15, 0.2) is 53.9 Å². The number of carbonyl (C=O) groups is 2. The van der Waals surface area contributed by atoms with Crippen LogP contribution in [0.3, 0.4) is 0 Å². The van der Waals surface area contributed by atoms with Crippen LogP contribution >= 0.6 is 11.3 Å². The van der Waals surface area contributed by atoms with E-state index in [2.05, 4.69) is 11.9 Å². The normalized spacial score (nSPS) is 13.8. The molecule has 0 unspecified atom stereocenters. The summed E-state index contributed by atoms with van der Waals surface area (Å²) < 4.78 is 5.76. The zero-order chi connectivity index (χ0) is 22.5. The summed E-state index contributed by atoms with van der Waals surface area (Å²) in [6.07, 6.45) is 0.950. The summed E-state index contributed by atoms with van der Waals surface area (Å²) >= 11 is 1.42. The highest BCUT2D eigenvalue weighted by Crippen LogP contribution is 2.18. The molecule has 0 aliphatic carbocycles. The fraction of sp³-hybridized carbons (Fsp3) is 0.320. The average molecular weight is 450 g/mol. The summed E-state index contributed by atoms with van der Waals surface area (Å²) in [5, 5.41) is 2.54. The van der Waals surface area contributed by atoms with Gasteiger partial charge in [0.1, 0.15) is 23.1 Å². The van der Waals surface area contributed by atoms with Crippen LogP contribution in [0.4, 0.5) is 0 Å². The molecule has 4 rings (SSSR count). The van der Waals surface area contributed by atoms with Crippen molar-refractivity contribution in [3.63, 3.8) is 0 Å². The van der Waals surface area contributed by atoms with Crippen molar-refractivity contribution < 1.29 is 14.3 Å². The maximum atomic E-state index is 12.9. The number of thiazole rings is 1. The quantitative estimate of drug-likeness (QED) is 0.566. The Morgan fingerprint density at radius 3 is 2.19 bits per heavy atom. The third-order valence-corrected chi connectivity index (χ3v) is 6.44. The number of carbonyl (C=O) groups excluding carboxylic acids is 2. The van der Waals surface area contributed by atoms with Gasteiger partial charge in [-0.25, -0.2) is 4.98 Å². The Morgan fingerprint density at radius 1 is 0.938 bits per heavy atom. The monoisotopic (exact) mass is 449 g/mol. The van der Waals surface area contributed by atoms with E-state index >= 15 is 0 Å². The van der Waals surface area contributed by atoms with Crippen LogP contribution in [0, 0.1) is 6.92 Å². The van der Waals surface area contributed by atoms with E-state index in [-0.39, 0.29) is 11.8 Å². The van der Waals surface area contributed by atoms with Crippen molar-refractivity contribution in [3.8, 4) is 5.75 Å². The Bertz CT molecular complexity index is 1070. The number of rotatable bonds is 6. The third-order valence-electron chi connectivity index (χ3n) is 5.62. The fourth-order valence-corrected chi connectivity index (χ4v) is 4.27. The second-order valence-electron chi connectivity index (χ2n) is 7.86. The van der Waals surface area contributed by atoms with Gasteiger partial charge in [0, 0.05) is 37.1 Å². The maximum Gasteiger partial charge on any atom is 0.273 e. The molecule has 1 aliphatic rings. The van der Waals surface area contributed by atoms with Gasteiger partial charge in [-0.2, -0.15) is 0 Å². The van der Waals surface area contributed by atoms with Crippen molar-refractivity contribution in [2.45, 2.75) is 26.9 Å². The Hall–Kier alpha value is -3.19. The van der Waals surface area contributed by atoms with Gasteiger partial charge in [-0.15, -0.1) is 11.3 Å². The van der Waals surface area contributed by atoms with E-state index in [1.165, 1.54) is 22.5 Å². The number of ether oxygens (including phenoxy) is 1. The van der Waals surface area contributed by atoms with Gasteiger partial charge in [0.05, 0.1) is 0 Å². The van der Waals surface area contributed by atoms with E-state index in [4.69, 9.17) is 4.74 Å². The first kappa shape index (κ1) is 22.0. The minimum atomic E-state index is -0.0952. The van der Waals surface area contributed by atoms with Crippen molar-refractivity contribution >= 4 is 23.2 Å². The molecule has 7 heteroatoms. The van der Waals surface area contributed by atoms with Crippen LogP contribution in [0.25, 0.3) is 0 Å². The molecule has 0 atom stereocenters. The Kier molecular flexibility index (Phi) is 6.85. The van der Waals surface area contributed by atoms with Crippen molar-refractivity contribution in [1.82, 2.24) is 14.8 Å². The lowest BCUT2D eigenvalue weighted by Gasteiger charge is -2.34. The van der Waals surface area contributed by atoms with Gasteiger partial charge in [-0.1, -0.05) is 36.8 Å². The van der Waals surface area contributed by atoms with Crippen molar-refractivity contribution in [2.75, 3.05) is 26.2 Å². The van der Waals surface area contributed by atoms with Crippen LogP contribution in [0.1, 0.15) is 43.9 Å². The number of benzene rings is 2. The van der Waals surface area contributed by atoms with E-state index in [0.717, 1.165) is 17.2 Å². The summed E-state index contributed by atoms with van der Waals surface area (Å²) in [5.74, 6) is 0.704. The molecular formula is C25H27N3O3S. The Labute approximate surface area is 192 Å². The molecule has 0 spiro atoms. The smallest absolute Gasteiger partial charge is 0.273 e. The maximum absolute atomic E-state index is 12.9. The molecule has 1 aromatic heterocycles. The summed E-state index contributed by atoms with van der Waals surface area (Å²) in [6.45, 7) is 6.51. The number of nitrogens with zero attached hydrogens (tertiary/aromatic N) is 3. The lowest BCUT2D eigenvalue weighted by molar-refractivity contribution is 0.0532. The van der Waals surface area contributed by atoms with E-state index < -0.39 is 0 Å². The number of aromatic nitrogens is 1. The van der Waals surface area contributed by atoms with Crippen LogP contribution < -0.4 is 4.74 Å². The second-order valence-corrected chi connectivity index (χ2v) is 8.81. The lowest BCUT2D eigenvalue weighted by Crippen LogP contribution is -2.50. The van der Waals surface area contributed by atoms with Gasteiger partial charge in [0.25, 0.3) is 11.8 Å². The van der Waals surface area contributed by atoms with E-state index in [1.807, 2.05) is 60.4 Å². The van der Waals surface area contributed by atoms with Gasteiger partial charge in [0.2, 0.25) is 0 Å². The topological polar surface area (TPSA) is 62.7 Å². The van der Waals surface area contributed by atoms with Gasteiger partial charge in [0.15, 0.2) is 0 Å². The van der Waals surface area contributed by atoms with Crippen molar-refractivity contribution in [2.24, 2.45) is 0 Å². The standard InChI is InChI=1S/C25H27N3O3S/c1-3-19-6-8-20(9-7-19)24(29)27-12-14-28(15-13-27)25(30)22-17-32-23(26-22)16-31-21-10-4-18(2)5-11-21/h4-11,17H,3,12-16H2,1-2H3. The number of piperazine rings is 1. The zero-order valence-electron chi connectivity index (χ0n) is 18.4. The largest absolute Gasteiger partial charge is 0.486 e. The molecule has 2 heterocycles. The molecule has 6 nitrogen and oxygen atoms in total. The van der Waals surface area contributed by atoms with Gasteiger partial charge in [-0.3, -0.25) is 9.59 Å². The SMILES string of the molecule is CCc1ccc(C(=O)N2CCN(C(=O)c3csc(COc4ccc(C)cc4)n3)CC2)cc1. The second kappa shape index (κ2) is 9.96. The van der Waals surface area contributed by atoms with Crippen molar-refractivity contribution in [1.29, 1.82) is 0 Å². The van der Waals surface area contributed by atoms with Gasteiger partial charge >= 0.3 is 0 Å². The molecule has 1 fully saturated rings. The lowest BCUT2D eigenvalue weighted by atomic mass is 10.1. The molecule has 2 aromatic carbocycles. The molecule has 0 N–H and O–H groups in total. The fourth-order valence-electron chi connectivity index (χ4n) is 3.60. The number of amides is 2. The molecule has 0 bridgehead atoms. The minimum Gasteiger partial charge on any atom is -0.486 e. The first-order valence-corrected chi connectivity index (χ1v) is 11.7. The number of hydrogen-bond donors (Lipinski definition) is 0. The molecule has 3 aromatic rings. The number of aryl methyl sites for hydroxylation is 2. The summed E-state index contributed by atoms with van der Waals surface area (Å²) in [5.41, 5.74) is 3.52. The van der Waals surface area contributed by atoms with Crippen molar-refractivity contribution in [3.05, 3.63) is 81.3 Å². The average Bonchev–Trinajstić information content (AvgIpc) is 3.32. The highest BCUT2D eigenvalue weighted by Gasteiger charge is 2.26. The summed E-state index contributed by atoms with van der Waals surface area (Å²) in [7, 11) is 0. The van der Waals surface area contributed by atoms with Crippen LogP contribution in [-0.2, 0) is 13.0 Å². The molecule has 0 saturated carbocycles. The minimum absolute atomic E-state index is 0.0175. The summed E-state index contributed by atoms with van der Waals surface area (Å²) in [4.78, 5) is 33.7. The van der Waals surface area contributed by atoms with E-state index in [9.17, 15) is 9.59 Å². The molecule has 1 saturated heterocycles. The Morgan fingerprint density at radius 2 is 1.56 bits per heavy atom. The first-order chi connectivity index (χ1) is 15.5. The van der Waals surface area contributed by atoms with E-state index in [1.54, 1.807) is 10.3 Å². The highest BCUT2D eigenvalue weighted by atomic mass is 32.1. The van der Waals surface area contributed by atoms with Crippen LogP contribution in [0.5, 0.6) is 5.75 Å². The third kappa shape index (κ3) is 5.16. The molecule has 1 aliphatic heterocycles. The first-order valence-electron chi connectivity index (χ1n) is 10.8. The van der Waals surface area contributed by atoms with Crippen LogP contribution in [0.2, 0.25) is 0 Å². The highest BCUT2D eigenvalue weighted by molar-refractivity contribution is 7.09. The zero-order valence-corrected chi connectivity index (χ0v) is 19.2. The van der Waals surface area contributed by atoms with Gasteiger partial charge < -0.3 is 14.5 Å². The van der Waals surface area contributed by atoms with Crippen LogP contribution in [-0.4, -0.2) is 52.8 Å². The predicted molar refractivity (Wildman–Crippen MR) is 125 cm³/mol.